The molecule has 2 aromatic carbocycles. The SMILES string of the molecule is O=C(/C=C/c1ccccc1)C(=O)/C=C/c1ccccc1. The molecule has 2 heteroatoms. The molecule has 0 bridgehead atoms. The molecule has 0 aliphatic heterocycles. The average molecular weight is 262 g/mol. The van der Waals surface area contributed by atoms with Crippen LogP contribution in [-0.2, 0) is 9.59 Å². The van der Waals surface area contributed by atoms with Gasteiger partial charge in [-0.05, 0) is 23.3 Å². The van der Waals surface area contributed by atoms with Crippen LogP contribution in [-0.4, -0.2) is 11.6 Å². The maximum atomic E-state index is 11.7. The first kappa shape index (κ1) is 13.7. The van der Waals surface area contributed by atoms with Crippen LogP contribution in [0.3, 0.4) is 0 Å². The molecule has 0 saturated heterocycles. The molecule has 0 N–H and O–H groups in total. The summed E-state index contributed by atoms with van der Waals surface area (Å²) < 4.78 is 0. The molecule has 98 valence electrons. The summed E-state index contributed by atoms with van der Waals surface area (Å²) in [4.78, 5) is 23.3. The fourth-order valence-corrected chi connectivity index (χ4v) is 1.64. The first-order valence-electron chi connectivity index (χ1n) is 6.30. The van der Waals surface area contributed by atoms with E-state index in [-0.39, 0.29) is 0 Å². The predicted molar refractivity (Wildman–Crippen MR) is 81.0 cm³/mol. The van der Waals surface area contributed by atoms with Crippen molar-refractivity contribution in [2.75, 3.05) is 0 Å². The summed E-state index contributed by atoms with van der Waals surface area (Å²) in [5.74, 6) is -1.05. The number of carbonyl (C=O) groups is 2. The molecular formula is C18H14O2. The molecule has 0 atom stereocenters. The minimum absolute atomic E-state index is 0.527. The van der Waals surface area contributed by atoms with E-state index in [1.54, 1.807) is 12.2 Å². The first-order chi connectivity index (χ1) is 9.75. The maximum absolute atomic E-state index is 11.7. The van der Waals surface area contributed by atoms with Gasteiger partial charge in [-0.2, -0.15) is 0 Å². The van der Waals surface area contributed by atoms with Crippen molar-refractivity contribution in [3.05, 3.63) is 83.9 Å². The van der Waals surface area contributed by atoms with Gasteiger partial charge in [-0.3, -0.25) is 9.59 Å². The molecule has 0 aliphatic rings. The van der Waals surface area contributed by atoms with Crippen LogP contribution in [0.4, 0.5) is 0 Å². The Morgan fingerprint density at radius 2 is 0.950 bits per heavy atom. The van der Waals surface area contributed by atoms with Gasteiger partial charge in [0.05, 0.1) is 0 Å². The van der Waals surface area contributed by atoms with Gasteiger partial charge >= 0.3 is 0 Å². The Balaban J connectivity index is 1.98. The Bertz CT molecular complexity index is 578. The third-order valence-corrected chi connectivity index (χ3v) is 2.70. The van der Waals surface area contributed by atoms with E-state index in [2.05, 4.69) is 0 Å². The molecular weight excluding hydrogens is 248 g/mol. The third-order valence-electron chi connectivity index (χ3n) is 2.70. The van der Waals surface area contributed by atoms with E-state index in [1.807, 2.05) is 60.7 Å². The molecule has 0 amide bonds. The van der Waals surface area contributed by atoms with Gasteiger partial charge in [0.15, 0.2) is 0 Å². The zero-order valence-corrected chi connectivity index (χ0v) is 10.9. The summed E-state index contributed by atoms with van der Waals surface area (Å²) in [6.45, 7) is 0. The second kappa shape index (κ2) is 7.00. The lowest BCUT2D eigenvalue weighted by molar-refractivity contribution is -0.130. The molecule has 0 aliphatic carbocycles. The van der Waals surface area contributed by atoms with Crippen molar-refractivity contribution < 1.29 is 9.59 Å². The van der Waals surface area contributed by atoms with Gasteiger partial charge in [0.25, 0.3) is 0 Å². The van der Waals surface area contributed by atoms with Crippen LogP contribution in [0.25, 0.3) is 12.2 Å². The smallest absolute Gasteiger partial charge is 0.225 e. The van der Waals surface area contributed by atoms with Crippen LogP contribution in [0.1, 0.15) is 11.1 Å². The lowest BCUT2D eigenvalue weighted by Crippen LogP contribution is -2.06. The van der Waals surface area contributed by atoms with Gasteiger partial charge in [-0.15, -0.1) is 0 Å². The number of hydrogen-bond donors (Lipinski definition) is 0. The van der Waals surface area contributed by atoms with Crippen LogP contribution >= 0.6 is 0 Å². The third kappa shape index (κ3) is 4.18. The van der Waals surface area contributed by atoms with E-state index < -0.39 is 11.6 Å². The van der Waals surface area contributed by atoms with Gasteiger partial charge in [0.1, 0.15) is 0 Å². The van der Waals surface area contributed by atoms with Crippen molar-refractivity contribution in [1.82, 2.24) is 0 Å². The van der Waals surface area contributed by atoms with E-state index in [4.69, 9.17) is 0 Å². The number of hydrogen-bond acceptors (Lipinski definition) is 2. The number of rotatable bonds is 5. The number of allylic oxidation sites excluding steroid dienone is 2. The zero-order valence-electron chi connectivity index (χ0n) is 10.9. The van der Waals surface area contributed by atoms with Crippen molar-refractivity contribution in [3.8, 4) is 0 Å². The normalized spacial score (nSPS) is 11.0. The van der Waals surface area contributed by atoms with Gasteiger partial charge < -0.3 is 0 Å². The molecule has 0 radical (unpaired) electrons. The summed E-state index contributed by atoms with van der Waals surface area (Å²) in [5, 5.41) is 0. The summed E-state index contributed by atoms with van der Waals surface area (Å²) in [7, 11) is 0. The molecule has 0 saturated carbocycles. The topological polar surface area (TPSA) is 34.1 Å². The van der Waals surface area contributed by atoms with Gasteiger partial charge in [0, 0.05) is 0 Å². The minimum Gasteiger partial charge on any atom is -0.286 e. The molecule has 0 spiro atoms. The predicted octanol–water partition coefficient (Wildman–Crippen LogP) is 3.55. The Morgan fingerprint density at radius 3 is 1.30 bits per heavy atom. The Hall–Kier alpha value is -2.74. The van der Waals surface area contributed by atoms with Crippen LogP contribution < -0.4 is 0 Å². The summed E-state index contributed by atoms with van der Waals surface area (Å²) in [5.41, 5.74) is 1.78. The van der Waals surface area contributed by atoms with Crippen molar-refractivity contribution >= 4 is 23.7 Å². The van der Waals surface area contributed by atoms with Crippen LogP contribution in [0.15, 0.2) is 72.8 Å². The monoisotopic (exact) mass is 262 g/mol. The van der Waals surface area contributed by atoms with E-state index in [1.165, 1.54) is 12.2 Å². The fourth-order valence-electron chi connectivity index (χ4n) is 1.64. The second-order valence-electron chi connectivity index (χ2n) is 4.22. The lowest BCUT2D eigenvalue weighted by atomic mass is 10.1. The molecule has 2 nitrogen and oxygen atoms in total. The quantitative estimate of drug-likeness (QED) is 0.610. The highest BCUT2D eigenvalue weighted by Crippen LogP contribution is 2.03. The van der Waals surface area contributed by atoms with Crippen LogP contribution in [0, 0.1) is 0 Å². The zero-order chi connectivity index (χ0) is 14.2. The highest BCUT2D eigenvalue weighted by atomic mass is 16.2. The molecule has 0 heterocycles. The van der Waals surface area contributed by atoms with E-state index >= 15 is 0 Å². The van der Waals surface area contributed by atoms with Crippen LogP contribution in [0.5, 0.6) is 0 Å². The highest BCUT2D eigenvalue weighted by molar-refractivity contribution is 6.46. The largest absolute Gasteiger partial charge is 0.286 e. The van der Waals surface area contributed by atoms with Gasteiger partial charge in [-0.1, -0.05) is 72.8 Å². The van der Waals surface area contributed by atoms with Gasteiger partial charge in [-0.25, -0.2) is 0 Å². The second-order valence-corrected chi connectivity index (χ2v) is 4.22. The summed E-state index contributed by atoms with van der Waals surface area (Å²) in [6.07, 6.45) is 5.87. The fraction of sp³-hybridized carbons (Fsp3) is 0. The van der Waals surface area contributed by atoms with Crippen LogP contribution in [0.2, 0.25) is 0 Å². The summed E-state index contributed by atoms with van der Waals surface area (Å²) >= 11 is 0. The number of carbonyl (C=O) groups excluding carboxylic acids is 2. The summed E-state index contributed by atoms with van der Waals surface area (Å²) in [6, 6.07) is 18.8. The van der Waals surface area contributed by atoms with E-state index in [0.717, 1.165) is 11.1 Å². The maximum Gasteiger partial charge on any atom is 0.225 e. The number of ketones is 2. The molecule has 2 rings (SSSR count). The average Bonchev–Trinajstić information content (AvgIpc) is 2.52. The molecule has 0 fully saturated rings. The molecule has 20 heavy (non-hydrogen) atoms. The standard InChI is InChI=1S/C18H14O2/c19-17(13-11-15-7-3-1-4-8-15)18(20)14-12-16-9-5-2-6-10-16/h1-14H/b13-11+,14-12+. The molecule has 0 unspecified atom stereocenters. The lowest BCUT2D eigenvalue weighted by Gasteiger charge is -1.92. The van der Waals surface area contributed by atoms with Crippen molar-refractivity contribution in [2.45, 2.75) is 0 Å². The Morgan fingerprint density at radius 1 is 0.600 bits per heavy atom. The molecule has 0 aromatic heterocycles. The first-order valence-corrected chi connectivity index (χ1v) is 6.30. The highest BCUT2D eigenvalue weighted by Gasteiger charge is 2.05. The molecule has 2 aromatic rings. The Labute approximate surface area is 118 Å². The van der Waals surface area contributed by atoms with Crippen molar-refractivity contribution in [2.24, 2.45) is 0 Å². The Kier molecular flexibility index (Phi) is 4.79. The van der Waals surface area contributed by atoms with Crippen molar-refractivity contribution in [1.29, 1.82) is 0 Å². The number of benzene rings is 2. The van der Waals surface area contributed by atoms with Gasteiger partial charge in [0.2, 0.25) is 11.6 Å². The van der Waals surface area contributed by atoms with E-state index in [0.29, 0.717) is 0 Å². The van der Waals surface area contributed by atoms with E-state index in [9.17, 15) is 9.59 Å². The van der Waals surface area contributed by atoms with Crippen molar-refractivity contribution in [3.63, 3.8) is 0 Å². The minimum atomic E-state index is -0.527.